The van der Waals surface area contributed by atoms with Crippen molar-refractivity contribution >= 4 is 50.9 Å². The fraction of sp³-hybridized carbons (Fsp3) is 0.412. The van der Waals surface area contributed by atoms with Crippen molar-refractivity contribution in [2.75, 3.05) is 23.0 Å². The van der Waals surface area contributed by atoms with Gasteiger partial charge in [0.2, 0.25) is 5.91 Å². The third-order valence-electron chi connectivity index (χ3n) is 7.77. The lowest BCUT2D eigenvalue weighted by molar-refractivity contribution is -0.124. The number of halogens is 2. The molecule has 44 heavy (non-hydrogen) atoms. The van der Waals surface area contributed by atoms with Crippen LogP contribution in [0.1, 0.15) is 65.9 Å². The molecule has 232 valence electrons. The number of hydrogen-bond acceptors (Lipinski definition) is 5. The normalized spacial score (nSPS) is 17.2. The van der Waals surface area contributed by atoms with Gasteiger partial charge in [-0.3, -0.25) is 24.1 Å². The average Bonchev–Trinajstić information content (AvgIpc) is 3.23. The molecule has 5 rings (SSSR count). The molecule has 0 saturated carbocycles. The number of nitrogens with zero attached hydrogens (tertiary/aromatic N) is 2. The highest BCUT2D eigenvalue weighted by Gasteiger charge is 2.42. The highest BCUT2D eigenvalue weighted by molar-refractivity contribution is 9.10. The van der Waals surface area contributed by atoms with Crippen molar-refractivity contribution in [1.29, 1.82) is 0 Å². The second-order valence-electron chi connectivity index (χ2n) is 12.6. The van der Waals surface area contributed by atoms with Gasteiger partial charge in [0.25, 0.3) is 17.7 Å². The number of amides is 4. The summed E-state index contributed by atoms with van der Waals surface area (Å²) in [5.41, 5.74) is 1.63. The molecule has 10 heteroatoms. The largest absolute Gasteiger partial charge is 0.481 e. The molecule has 4 amide bonds. The number of rotatable bonds is 5. The summed E-state index contributed by atoms with van der Waals surface area (Å²) in [7, 11) is 0. The van der Waals surface area contributed by atoms with Gasteiger partial charge in [-0.05, 0) is 56.6 Å². The molecule has 2 heterocycles. The van der Waals surface area contributed by atoms with Crippen LogP contribution in [0.25, 0.3) is 0 Å². The van der Waals surface area contributed by atoms with Crippen LogP contribution in [0.5, 0.6) is 5.75 Å². The number of anilines is 2. The number of benzene rings is 2. The van der Waals surface area contributed by atoms with Gasteiger partial charge in [-0.25, -0.2) is 9.29 Å². The van der Waals surface area contributed by atoms with E-state index in [2.05, 4.69) is 27.2 Å². The monoisotopic (exact) mass is 665 g/mol. The highest BCUT2D eigenvalue weighted by Crippen LogP contribution is 2.41. The van der Waals surface area contributed by atoms with Gasteiger partial charge in [-0.15, -0.1) is 6.42 Å². The molecule has 1 aliphatic carbocycles. The van der Waals surface area contributed by atoms with Gasteiger partial charge in [-0.2, -0.15) is 0 Å². The molecule has 0 spiro atoms. The van der Waals surface area contributed by atoms with Crippen LogP contribution in [0.15, 0.2) is 53.6 Å². The van der Waals surface area contributed by atoms with Crippen LogP contribution in [0.2, 0.25) is 0 Å². The minimum absolute atomic E-state index is 0.0170. The van der Waals surface area contributed by atoms with Gasteiger partial charge < -0.3 is 10.1 Å². The van der Waals surface area contributed by atoms with E-state index in [0.29, 0.717) is 24.0 Å². The van der Waals surface area contributed by atoms with Gasteiger partial charge >= 0.3 is 0 Å². The number of carbonyl (C=O) groups is 4. The van der Waals surface area contributed by atoms with E-state index in [4.69, 9.17) is 11.2 Å². The first kappa shape index (κ1) is 32.9. The zero-order valence-electron chi connectivity index (χ0n) is 25.6. The molecule has 3 aliphatic rings. The SMILES string of the molecule is C#CCN1C(=O)COc2cc(F)c(N3C(=O)C4=C(CCCC4)C3=O)cc21.CC(C)(NC(=O)C(Br)C(C)(C)C)c1ccccc1. The highest BCUT2D eigenvalue weighted by atomic mass is 79.9. The smallest absolute Gasteiger partial charge is 0.265 e. The number of nitrogens with one attached hydrogen (secondary N) is 1. The molecule has 0 aromatic heterocycles. The van der Waals surface area contributed by atoms with E-state index in [1.54, 1.807) is 0 Å². The number of ether oxygens (including phenoxy) is 1. The van der Waals surface area contributed by atoms with Crippen LogP contribution in [0.4, 0.5) is 15.8 Å². The van der Waals surface area contributed by atoms with Crippen LogP contribution in [-0.4, -0.2) is 41.6 Å². The van der Waals surface area contributed by atoms with E-state index in [1.807, 2.05) is 65.0 Å². The summed E-state index contributed by atoms with van der Waals surface area (Å²) in [6, 6.07) is 12.4. The second kappa shape index (κ2) is 12.9. The Hall–Kier alpha value is -3.97. The Labute approximate surface area is 266 Å². The molecule has 2 aromatic carbocycles. The van der Waals surface area contributed by atoms with Crippen LogP contribution in [0, 0.1) is 23.6 Å². The summed E-state index contributed by atoms with van der Waals surface area (Å²) in [5.74, 6) is 0.430. The quantitative estimate of drug-likeness (QED) is 0.248. The summed E-state index contributed by atoms with van der Waals surface area (Å²) in [4.78, 5) is 51.6. The van der Waals surface area contributed by atoms with Crippen LogP contribution in [0.3, 0.4) is 0 Å². The van der Waals surface area contributed by atoms with Crippen LogP contribution < -0.4 is 19.9 Å². The standard InChI is InChI=1S/C19H15FN2O4.C15H22BrNO/c1-2-7-21-15-9-14(13(20)8-16(15)26-10-17(21)23)22-18(24)11-5-3-4-6-12(11)19(22)25;1-14(2,3)12(16)13(18)17-15(4,5)11-9-7-6-8-10-11/h1,8-9H,3-7,10H2;6-10,12H,1-5H3,(H,17,18). The van der Waals surface area contributed by atoms with E-state index in [-0.39, 0.29) is 57.9 Å². The minimum atomic E-state index is -0.764. The van der Waals surface area contributed by atoms with Crippen molar-refractivity contribution in [3.63, 3.8) is 0 Å². The molecule has 0 bridgehead atoms. The van der Waals surface area contributed by atoms with E-state index in [0.717, 1.165) is 29.4 Å². The minimum Gasteiger partial charge on any atom is -0.481 e. The van der Waals surface area contributed by atoms with Gasteiger partial charge in [0.05, 0.1) is 28.3 Å². The zero-order valence-corrected chi connectivity index (χ0v) is 27.2. The number of terminal acetylenes is 1. The Kier molecular flexibility index (Phi) is 9.69. The number of hydrogen-bond donors (Lipinski definition) is 1. The molecular weight excluding hydrogens is 629 g/mol. The maximum absolute atomic E-state index is 14.7. The Morgan fingerprint density at radius 2 is 1.61 bits per heavy atom. The molecule has 2 aromatic rings. The van der Waals surface area contributed by atoms with Gasteiger partial charge in [0.1, 0.15) is 5.75 Å². The van der Waals surface area contributed by atoms with Crippen molar-refractivity contribution in [2.24, 2.45) is 5.41 Å². The predicted octanol–water partition coefficient (Wildman–Crippen LogP) is 5.78. The molecular formula is C34H37BrFN3O5. The first-order valence-corrected chi connectivity index (χ1v) is 15.4. The lowest BCUT2D eigenvalue weighted by Crippen LogP contribution is -2.47. The lowest BCUT2D eigenvalue weighted by atomic mass is 9.89. The molecule has 0 saturated heterocycles. The summed E-state index contributed by atoms with van der Waals surface area (Å²) in [5, 5.41) is 3.09. The Morgan fingerprint density at radius 1 is 1.02 bits per heavy atom. The topological polar surface area (TPSA) is 96.0 Å². The van der Waals surface area contributed by atoms with E-state index in [9.17, 15) is 23.6 Å². The Balaban J connectivity index is 0.000000217. The van der Waals surface area contributed by atoms with Crippen molar-refractivity contribution < 1.29 is 28.3 Å². The summed E-state index contributed by atoms with van der Waals surface area (Å²) < 4.78 is 19.9. The van der Waals surface area contributed by atoms with Crippen molar-refractivity contribution in [3.05, 3.63) is 65.0 Å². The summed E-state index contributed by atoms with van der Waals surface area (Å²) in [6.45, 7) is 9.90. The third-order valence-corrected chi connectivity index (χ3v) is 9.56. The van der Waals surface area contributed by atoms with Crippen molar-refractivity contribution in [3.8, 4) is 18.1 Å². The maximum Gasteiger partial charge on any atom is 0.265 e. The predicted molar refractivity (Wildman–Crippen MR) is 171 cm³/mol. The molecule has 0 radical (unpaired) electrons. The zero-order chi connectivity index (χ0) is 32.4. The van der Waals surface area contributed by atoms with Crippen LogP contribution in [-0.2, 0) is 24.7 Å². The van der Waals surface area contributed by atoms with E-state index < -0.39 is 17.6 Å². The second-order valence-corrected chi connectivity index (χ2v) is 13.5. The third kappa shape index (κ3) is 6.73. The van der Waals surface area contributed by atoms with E-state index >= 15 is 0 Å². The molecule has 1 atom stereocenters. The number of fused-ring (bicyclic) bond motifs is 1. The number of alkyl halides is 1. The molecule has 0 fully saturated rings. The van der Waals surface area contributed by atoms with Crippen molar-refractivity contribution in [2.45, 2.75) is 70.7 Å². The van der Waals surface area contributed by atoms with Gasteiger partial charge in [0, 0.05) is 17.2 Å². The molecule has 8 nitrogen and oxygen atoms in total. The molecule has 1 N–H and O–H groups in total. The summed E-state index contributed by atoms with van der Waals surface area (Å²) in [6.07, 6.45) is 8.01. The van der Waals surface area contributed by atoms with Gasteiger partial charge in [-0.1, -0.05) is 73.0 Å². The van der Waals surface area contributed by atoms with Gasteiger partial charge in [0.15, 0.2) is 12.4 Å². The number of carbonyl (C=O) groups excluding carboxylic acids is 4. The molecule has 1 unspecified atom stereocenters. The number of imide groups is 1. The summed E-state index contributed by atoms with van der Waals surface area (Å²) >= 11 is 3.48. The van der Waals surface area contributed by atoms with E-state index in [1.165, 1.54) is 11.0 Å². The first-order chi connectivity index (χ1) is 20.7. The maximum atomic E-state index is 14.7. The molecule has 2 aliphatic heterocycles. The lowest BCUT2D eigenvalue weighted by Gasteiger charge is -2.31. The fourth-order valence-electron chi connectivity index (χ4n) is 5.30. The Bertz CT molecular complexity index is 1530. The Morgan fingerprint density at radius 3 is 2.16 bits per heavy atom. The average molecular weight is 667 g/mol. The van der Waals surface area contributed by atoms with Crippen LogP contribution >= 0.6 is 15.9 Å². The van der Waals surface area contributed by atoms with Crippen molar-refractivity contribution in [1.82, 2.24) is 5.32 Å². The fourth-order valence-corrected chi connectivity index (χ4v) is 5.41. The first-order valence-electron chi connectivity index (χ1n) is 14.5.